The first-order valence-electron chi connectivity index (χ1n) is 16.3. The van der Waals surface area contributed by atoms with Gasteiger partial charge in [0.25, 0.3) is 0 Å². The van der Waals surface area contributed by atoms with Crippen LogP contribution in [0.2, 0.25) is 0 Å². The summed E-state index contributed by atoms with van der Waals surface area (Å²) >= 11 is 0. The van der Waals surface area contributed by atoms with Crippen LogP contribution >= 0.6 is 0 Å². The van der Waals surface area contributed by atoms with Crippen LogP contribution in [0.3, 0.4) is 0 Å². The summed E-state index contributed by atoms with van der Waals surface area (Å²) in [6.45, 7) is 13.6. The van der Waals surface area contributed by atoms with Crippen LogP contribution in [-0.4, -0.2) is 62.6 Å². The molecule has 0 spiro atoms. The Morgan fingerprint density at radius 3 is 2.40 bits per heavy atom. The molecule has 4 bridgehead atoms. The summed E-state index contributed by atoms with van der Waals surface area (Å²) in [5.74, 6) is 1.22. The summed E-state index contributed by atoms with van der Waals surface area (Å²) in [6, 6.07) is 6.52. The van der Waals surface area contributed by atoms with Crippen LogP contribution in [0.1, 0.15) is 108 Å². The molecule has 1 aromatic rings. The van der Waals surface area contributed by atoms with Crippen LogP contribution in [0, 0.1) is 31.1 Å². The van der Waals surface area contributed by atoms with Gasteiger partial charge in [-0.3, -0.25) is 20.3 Å². The number of benzene rings is 1. The number of Topliss-reactive ketones (excluding diaryl/α,β-unsaturated/α-hetero) is 1. The number of carbonyl (C=O) groups excluding carboxylic acids is 1. The Hall–Kier alpha value is -1.36. The van der Waals surface area contributed by atoms with Crippen molar-refractivity contribution in [3.05, 3.63) is 34.9 Å². The average Bonchev–Trinajstić information content (AvgIpc) is 2.91. The van der Waals surface area contributed by atoms with Crippen LogP contribution in [0.25, 0.3) is 0 Å². The van der Waals surface area contributed by atoms with Gasteiger partial charge in [-0.05, 0) is 86.3 Å². The van der Waals surface area contributed by atoms with Crippen molar-refractivity contribution >= 4 is 15.8 Å². The molecule has 0 aromatic heterocycles. The quantitative estimate of drug-likeness (QED) is 0.450. The largest absolute Gasteiger partial charge is 0.362 e. The van der Waals surface area contributed by atoms with Crippen molar-refractivity contribution in [2.24, 2.45) is 17.3 Å². The van der Waals surface area contributed by atoms with Gasteiger partial charge >= 0.3 is 0 Å². The number of sulfonamides is 1. The minimum atomic E-state index is -3.55. The second kappa shape index (κ2) is 13.3. The second-order valence-electron chi connectivity index (χ2n) is 14.9. The summed E-state index contributed by atoms with van der Waals surface area (Å²) in [7, 11) is -3.55. The van der Waals surface area contributed by atoms with Crippen molar-refractivity contribution in [2.75, 3.05) is 19.7 Å². The Labute approximate surface area is 254 Å². The van der Waals surface area contributed by atoms with E-state index in [0.29, 0.717) is 56.3 Å². The Bertz CT molecular complexity index is 1170. The maximum atomic E-state index is 13.8. The van der Waals surface area contributed by atoms with Gasteiger partial charge in [-0.1, -0.05) is 45.4 Å². The monoisotopic (exact) mass is 602 g/mol. The van der Waals surface area contributed by atoms with Gasteiger partial charge < -0.3 is 4.74 Å². The highest BCUT2D eigenvalue weighted by Gasteiger charge is 2.40. The van der Waals surface area contributed by atoms with Crippen molar-refractivity contribution in [1.29, 1.82) is 0 Å². The summed E-state index contributed by atoms with van der Waals surface area (Å²) in [4.78, 5) is 14.6. The fourth-order valence-electron chi connectivity index (χ4n) is 7.94. The molecule has 5 rings (SSSR count). The predicted octanol–water partition coefficient (Wildman–Crippen LogP) is 4.91. The van der Waals surface area contributed by atoms with E-state index in [-0.39, 0.29) is 23.7 Å². The number of fused-ring (bicyclic) bond motifs is 4. The van der Waals surface area contributed by atoms with E-state index in [1.807, 2.05) is 0 Å². The van der Waals surface area contributed by atoms with Crippen molar-refractivity contribution in [3.8, 4) is 0 Å². The van der Waals surface area contributed by atoms with E-state index in [2.05, 4.69) is 73.1 Å². The Kier molecular flexibility index (Phi) is 10.2. The first-order valence-corrected chi connectivity index (χ1v) is 17.9. The number of ketones is 1. The molecule has 2 saturated carbocycles. The maximum Gasteiger partial charge on any atom is 0.216 e. The van der Waals surface area contributed by atoms with Gasteiger partial charge in [-0.15, -0.1) is 0 Å². The topological polar surface area (TPSA) is 99.8 Å². The lowest BCUT2D eigenvalue weighted by Crippen LogP contribution is -2.64. The van der Waals surface area contributed by atoms with Crippen LogP contribution in [0.5, 0.6) is 0 Å². The molecule has 8 nitrogen and oxygen atoms in total. The zero-order valence-electron chi connectivity index (χ0n) is 26.5. The summed E-state index contributed by atoms with van der Waals surface area (Å²) in [5.41, 5.74) is 3.74. The van der Waals surface area contributed by atoms with Crippen LogP contribution in [0.15, 0.2) is 18.2 Å². The highest BCUT2D eigenvalue weighted by Crippen LogP contribution is 2.35. The molecule has 4 aliphatic rings. The molecule has 42 heavy (non-hydrogen) atoms. The van der Waals surface area contributed by atoms with E-state index in [0.717, 1.165) is 45.2 Å². The molecule has 2 aliphatic carbocycles. The smallest absolute Gasteiger partial charge is 0.216 e. The minimum absolute atomic E-state index is 0.0358. The van der Waals surface area contributed by atoms with Crippen molar-refractivity contribution in [3.63, 3.8) is 0 Å². The van der Waals surface area contributed by atoms with Gasteiger partial charge in [0.05, 0.1) is 11.9 Å². The fraction of sp³-hybridized carbons (Fsp3) is 0.788. The molecule has 3 N–H and O–H groups in total. The molecule has 6 atom stereocenters. The number of hydrogen-bond acceptors (Lipinski definition) is 7. The summed E-state index contributed by atoms with van der Waals surface area (Å²) in [6.07, 6.45) is 7.50. The Morgan fingerprint density at radius 2 is 1.71 bits per heavy atom. The van der Waals surface area contributed by atoms with E-state index >= 15 is 0 Å². The second-order valence-corrected chi connectivity index (χ2v) is 16.8. The zero-order chi connectivity index (χ0) is 30.1. The maximum absolute atomic E-state index is 13.8. The van der Waals surface area contributed by atoms with Crippen molar-refractivity contribution in [1.82, 2.24) is 20.3 Å². The first kappa shape index (κ1) is 32.0. The Morgan fingerprint density at radius 1 is 1.00 bits per heavy atom. The van der Waals surface area contributed by atoms with E-state index in [4.69, 9.17) is 4.74 Å². The number of hydrogen-bond donors (Lipinski definition) is 3. The molecule has 0 radical (unpaired) electrons. The molecule has 9 heteroatoms. The van der Waals surface area contributed by atoms with E-state index in [1.165, 1.54) is 16.7 Å². The number of nitrogens with zero attached hydrogens (tertiary/aromatic N) is 1. The molecule has 236 valence electrons. The van der Waals surface area contributed by atoms with Crippen LogP contribution < -0.4 is 15.4 Å². The lowest BCUT2D eigenvalue weighted by atomic mass is 9.83. The SMILES string of the molecule is Cc1cccc(C)c1C1CC2NC(N1)NS(=O)(=O)C1CCCC(C1)CN(CC1CCC(=O)CC1)[C@H](CC(C)(C)C)CO2. The molecule has 2 saturated heterocycles. The van der Waals surface area contributed by atoms with E-state index < -0.39 is 21.6 Å². The van der Waals surface area contributed by atoms with Gasteiger partial charge in [0.2, 0.25) is 10.0 Å². The summed E-state index contributed by atoms with van der Waals surface area (Å²) in [5, 5.41) is 6.65. The van der Waals surface area contributed by atoms with Crippen molar-refractivity contribution in [2.45, 2.75) is 129 Å². The molecule has 2 heterocycles. The number of ether oxygens (including phenoxy) is 1. The standard InChI is InChI=1S/C33H54N4O4S/c1-22-8-6-9-23(2)31(22)29-17-30-35-32(34-29)36-42(39,40)28-11-7-10-25(16-28)20-37(19-24-12-14-27(38)15-13-24)26(21-41-30)18-33(3,4)5/h6,8-9,24-26,28-30,32,34-36H,7,10-21H2,1-5H3/t25?,26-,28?,29?,30?,32?/m1/s1. The molecule has 4 fully saturated rings. The van der Waals surface area contributed by atoms with E-state index in [1.54, 1.807) is 0 Å². The summed E-state index contributed by atoms with van der Waals surface area (Å²) < 4.78 is 37.4. The number of aryl methyl sites for hydroxylation is 2. The molecule has 0 amide bonds. The van der Waals surface area contributed by atoms with E-state index in [9.17, 15) is 13.2 Å². The zero-order valence-corrected chi connectivity index (χ0v) is 27.3. The molecule has 2 aliphatic heterocycles. The number of carbonyl (C=O) groups is 1. The van der Waals surface area contributed by atoms with Crippen molar-refractivity contribution < 1.29 is 17.9 Å². The Balaban J connectivity index is 1.46. The van der Waals surface area contributed by atoms with Gasteiger partial charge in [-0.25, -0.2) is 8.42 Å². The third-order valence-corrected chi connectivity index (χ3v) is 11.9. The normalized spacial score (nSPS) is 33.8. The van der Waals surface area contributed by atoms with Gasteiger partial charge in [0, 0.05) is 44.4 Å². The predicted molar refractivity (Wildman–Crippen MR) is 167 cm³/mol. The van der Waals surface area contributed by atoms with Gasteiger partial charge in [-0.2, -0.15) is 4.72 Å². The average molecular weight is 603 g/mol. The van der Waals surface area contributed by atoms with Crippen LogP contribution in [0.4, 0.5) is 0 Å². The number of nitrogens with one attached hydrogen (secondary N) is 3. The lowest BCUT2D eigenvalue weighted by molar-refractivity contribution is -0.121. The molecular formula is C33H54N4O4S. The fourth-order valence-corrected chi connectivity index (χ4v) is 9.60. The third-order valence-electron chi connectivity index (χ3n) is 10.0. The van der Waals surface area contributed by atoms with Crippen LogP contribution in [-0.2, 0) is 19.6 Å². The van der Waals surface area contributed by atoms with Gasteiger partial charge in [0.15, 0.2) is 0 Å². The molecule has 5 unspecified atom stereocenters. The lowest BCUT2D eigenvalue weighted by Gasteiger charge is -2.42. The molecular weight excluding hydrogens is 548 g/mol. The van der Waals surface area contributed by atoms with Gasteiger partial charge in [0.1, 0.15) is 18.3 Å². The minimum Gasteiger partial charge on any atom is -0.362 e. The third kappa shape index (κ3) is 8.21. The highest BCUT2D eigenvalue weighted by atomic mass is 32.2. The highest BCUT2D eigenvalue weighted by molar-refractivity contribution is 7.90. The molecule has 1 aromatic carbocycles. The first-order chi connectivity index (χ1) is 19.9. The number of rotatable bonds is 4.